The van der Waals surface area contributed by atoms with Gasteiger partial charge in [0.1, 0.15) is 5.75 Å². The van der Waals surface area contributed by atoms with Gasteiger partial charge in [-0.05, 0) is 62.3 Å². The maximum atomic E-state index is 9.36. The van der Waals surface area contributed by atoms with Gasteiger partial charge in [0.15, 0.2) is 0 Å². The Morgan fingerprint density at radius 3 is 2.86 bits per heavy atom. The molecule has 1 fully saturated rings. The zero-order valence-electron chi connectivity index (χ0n) is 12.8. The number of aryl methyl sites for hydroxylation is 1. The van der Waals surface area contributed by atoms with Crippen LogP contribution in [0.5, 0.6) is 5.75 Å². The van der Waals surface area contributed by atoms with E-state index in [-0.39, 0.29) is 6.61 Å². The van der Waals surface area contributed by atoms with Gasteiger partial charge in [-0.25, -0.2) is 4.98 Å². The third kappa shape index (κ3) is 2.41. The maximum Gasteiger partial charge on any atom is 0.120 e. The fourth-order valence-electron chi connectivity index (χ4n) is 3.71. The molecule has 2 heterocycles. The van der Waals surface area contributed by atoms with E-state index in [0.29, 0.717) is 6.10 Å². The summed E-state index contributed by atoms with van der Waals surface area (Å²) < 4.78 is 8.28. The number of aliphatic hydroxyl groups excluding tert-OH is 1. The Kier molecular flexibility index (Phi) is 3.62. The first-order chi connectivity index (χ1) is 10.8. The van der Waals surface area contributed by atoms with Gasteiger partial charge >= 0.3 is 0 Å². The fourth-order valence-corrected chi connectivity index (χ4v) is 3.71. The highest BCUT2D eigenvalue weighted by Crippen LogP contribution is 2.31. The Balaban J connectivity index is 1.60. The molecule has 0 amide bonds. The average Bonchev–Trinajstić information content (AvgIpc) is 2.99. The van der Waals surface area contributed by atoms with E-state index in [4.69, 9.17) is 4.74 Å². The third-order valence-corrected chi connectivity index (χ3v) is 4.90. The van der Waals surface area contributed by atoms with Crippen molar-refractivity contribution < 1.29 is 9.84 Å². The molecular weight excluding hydrogens is 276 g/mol. The first-order valence-electron chi connectivity index (χ1n) is 8.31. The minimum Gasteiger partial charge on any atom is -0.490 e. The lowest BCUT2D eigenvalue weighted by atomic mass is 9.97. The van der Waals surface area contributed by atoms with Gasteiger partial charge in [0.25, 0.3) is 0 Å². The molecule has 1 aromatic heterocycles. The molecule has 1 N–H and O–H groups in total. The van der Waals surface area contributed by atoms with Gasteiger partial charge < -0.3 is 14.4 Å². The molecule has 0 atom stereocenters. The van der Waals surface area contributed by atoms with Crippen LogP contribution >= 0.6 is 0 Å². The van der Waals surface area contributed by atoms with Crippen LogP contribution in [0.2, 0.25) is 0 Å². The van der Waals surface area contributed by atoms with Crippen LogP contribution in [0, 0.1) is 0 Å². The molecule has 4 rings (SSSR count). The van der Waals surface area contributed by atoms with E-state index < -0.39 is 0 Å². The van der Waals surface area contributed by atoms with Gasteiger partial charge in [0, 0.05) is 5.69 Å². The van der Waals surface area contributed by atoms with Crippen LogP contribution in [-0.4, -0.2) is 20.8 Å². The molecule has 0 bridgehead atoms. The SMILES string of the molecule is OCc1ncn2c1CCc1cc(OC3CCCCC3)ccc1-2. The van der Waals surface area contributed by atoms with Crippen molar-refractivity contribution in [2.75, 3.05) is 0 Å². The molecule has 0 spiro atoms. The zero-order chi connectivity index (χ0) is 14.9. The molecule has 116 valence electrons. The van der Waals surface area contributed by atoms with Crippen molar-refractivity contribution in [2.24, 2.45) is 0 Å². The molecule has 1 aliphatic carbocycles. The predicted octanol–water partition coefficient (Wildman–Crippen LogP) is 3.17. The van der Waals surface area contributed by atoms with Gasteiger partial charge in [-0.2, -0.15) is 0 Å². The van der Waals surface area contributed by atoms with E-state index in [1.807, 2.05) is 6.33 Å². The lowest BCUT2D eigenvalue weighted by Gasteiger charge is -2.25. The number of rotatable bonds is 3. The second-order valence-corrected chi connectivity index (χ2v) is 6.33. The van der Waals surface area contributed by atoms with Crippen LogP contribution < -0.4 is 4.74 Å². The Labute approximate surface area is 130 Å². The number of nitrogens with zero attached hydrogens (tertiary/aromatic N) is 2. The number of imidazole rings is 1. The summed E-state index contributed by atoms with van der Waals surface area (Å²) in [6.07, 6.45) is 10.4. The van der Waals surface area contributed by atoms with Crippen molar-refractivity contribution in [2.45, 2.75) is 57.7 Å². The summed E-state index contributed by atoms with van der Waals surface area (Å²) in [4.78, 5) is 4.31. The second-order valence-electron chi connectivity index (χ2n) is 6.33. The lowest BCUT2D eigenvalue weighted by molar-refractivity contribution is 0.155. The average molecular weight is 298 g/mol. The molecule has 4 heteroatoms. The van der Waals surface area contributed by atoms with Gasteiger partial charge in [0.2, 0.25) is 0 Å². The number of aromatic nitrogens is 2. The summed E-state index contributed by atoms with van der Waals surface area (Å²) in [5, 5.41) is 9.36. The summed E-state index contributed by atoms with van der Waals surface area (Å²) in [6.45, 7) is 0.0144. The normalized spacial score (nSPS) is 17.9. The van der Waals surface area contributed by atoms with Crippen LogP contribution in [0.15, 0.2) is 24.5 Å². The zero-order valence-corrected chi connectivity index (χ0v) is 12.8. The Morgan fingerprint density at radius 1 is 1.18 bits per heavy atom. The minimum absolute atomic E-state index is 0.0144. The van der Waals surface area contributed by atoms with E-state index in [1.165, 1.54) is 43.4 Å². The van der Waals surface area contributed by atoms with Crippen LogP contribution in [0.1, 0.15) is 49.1 Å². The molecule has 0 unspecified atom stereocenters. The van der Waals surface area contributed by atoms with Crippen LogP contribution in [0.25, 0.3) is 5.69 Å². The first kappa shape index (κ1) is 13.8. The number of ether oxygens (including phenoxy) is 1. The number of fused-ring (bicyclic) bond motifs is 3. The molecule has 2 aromatic rings. The maximum absolute atomic E-state index is 9.36. The molecule has 0 saturated heterocycles. The molecule has 1 aromatic carbocycles. The summed E-state index contributed by atoms with van der Waals surface area (Å²) in [7, 11) is 0. The van der Waals surface area contributed by atoms with Gasteiger partial charge in [-0.15, -0.1) is 0 Å². The molecule has 4 nitrogen and oxygen atoms in total. The minimum atomic E-state index is 0.0144. The molecule has 22 heavy (non-hydrogen) atoms. The lowest BCUT2D eigenvalue weighted by Crippen LogP contribution is -2.20. The van der Waals surface area contributed by atoms with Crippen molar-refractivity contribution in [1.29, 1.82) is 0 Å². The molecule has 1 saturated carbocycles. The smallest absolute Gasteiger partial charge is 0.120 e. The summed E-state index contributed by atoms with van der Waals surface area (Å²) in [5.41, 5.74) is 4.41. The number of hydrogen-bond donors (Lipinski definition) is 1. The Bertz CT molecular complexity index is 672. The highest BCUT2D eigenvalue weighted by molar-refractivity contribution is 5.50. The monoisotopic (exact) mass is 298 g/mol. The second kappa shape index (κ2) is 5.76. The summed E-state index contributed by atoms with van der Waals surface area (Å²) in [5.74, 6) is 0.997. The fraction of sp³-hybridized carbons (Fsp3) is 0.500. The number of aliphatic hydroxyl groups is 1. The largest absolute Gasteiger partial charge is 0.490 e. The van der Waals surface area contributed by atoms with Crippen molar-refractivity contribution in [3.63, 3.8) is 0 Å². The van der Waals surface area contributed by atoms with Crippen LogP contribution in [0.3, 0.4) is 0 Å². The van der Waals surface area contributed by atoms with Crippen LogP contribution in [-0.2, 0) is 19.4 Å². The van der Waals surface area contributed by atoms with Crippen molar-refractivity contribution in [1.82, 2.24) is 9.55 Å². The highest BCUT2D eigenvalue weighted by atomic mass is 16.5. The van der Waals surface area contributed by atoms with Crippen molar-refractivity contribution in [3.05, 3.63) is 41.5 Å². The Morgan fingerprint density at radius 2 is 2.05 bits per heavy atom. The van der Waals surface area contributed by atoms with E-state index >= 15 is 0 Å². The summed E-state index contributed by atoms with van der Waals surface area (Å²) in [6, 6.07) is 6.38. The highest BCUT2D eigenvalue weighted by Gasteiger charge is 2.21. The first-order valence-corrected chi connectivity index (χ1v) is 8.31. The van der Waals surface area contributed by atoms with E-state index in [0.717, 1.165) is 30.0 Å². The molecular formula is C18H22N2O2. The topological polar surface area (TPSA) is 47.3 Å². The third-order valence-electron chi connectivity index (χ3n) is 4.90. The summed E-state index contributed by atoms with van der Waals surface area (Å²) >= 11 is 0. The van der Waals surface area contributed by atoms with E-state index in [2.05, 4.69) is 27.8 Å². The Hall–Kier alpha value is -1.81. The number of benzene rings is 1. The quantitative estimate of drug-likeness (QED) is 0.946. The molecule has 2 aliphatic rings. The van der Waals surface area contributed by atoms with Crippen LogP contribution in [0.4, 0.5) is 0 Å². The number of hydrogen-bond acceptors (Lipinski definition) is 3. The predicted molar refractivity (Wildman–Crippen MR) is 84.4 cm³/mol. The molecule has 1 aliphatic heterocycles. The van der Waals surface area contributed by atoms with Gasteiger partial charge in [-0.3, -0.25) is 0 Å². The van der Waals surface area contributed by atoms with Crippen molar-refractivity contribution in [3.8, 4) is 11.4 Å². The molecule has 0 radical (unpaired) electrons. The van der Waals surface area contributed by atoms with Crippen molar-refractivity contribution >= 4 is 0 Å². The van der Waals surface area contributed by atoms with Gasteiger partial charge in [0.05, 0.1) is 30.4 Å². The van der Waals surface area contributed by atoms with E-state index in [9.17, 15) is 5.11 Å². The van der Waals surface area contributed by atoms with E-state index in [1.54, 1.807) is 0 Å². The van der Waals surface area contributed by atoms with Gasteiger partial charge in [-0.1, -0.05) is 6.42 Å². The standard InChI is InChI=1S/C18H22N2O2/c21-11-16-18-8-6-13-10-15(22-14-4-2-1-3-5-14)7-9-17(13)20(18)12-19-16/h7,9-10,12,14,21H,1-6,8,11H2.